The largest absolute Gasteiger partial charge is 0.393 e. The molecule has 0 spiro atoms. The van der Waals surface area contributed by atoms with Crippen LogP contribution in [0.25, 0.3) is 0 Å². The summed E-state index contributed by atoms with van der Waals surface area (Å²) >= 11 is 0. The van der Waals surface area contributed by atoms with Crippen LogP contribution in [0.1, 0.15) is 111 Å². The molecule has 4 aliphatic carbocycles. The fourth-order valence-electron chi connectivity index (χ4n) is 10.8. The molecule has 5 rings (SSSR count). The molecule has 5 aliphatic rings. The van der Waals surface area contributed by atoms with Gasteiger partial charge in [-0.2, -0.15) is 0 Å². The first kappa shape index (κ1) is 29.4. The summed E-state index contributed by atoms with van der Waals surface area (Å²) in [4.78, 5) is 26.8. The van der Waals surface area contributed by atoms with Gasteiger partial charge in [0.2, 0.25) is 11.8 Å². The second kappa shape index (κ2) is 11.6. The van der Waals surface area contributed by atoms with E-state index in [1.54, 1.807) is 7.05 Å². The lowest BCUT2D eigenvalue weighted by Crippen LogP contribution is -2.58. The standard InChI is InChI=1S/C33H56N2O4/c1-21(5-10-30(39)35-17-13-22(14-18-35)6-9-29(38)34-4)25-7-8-26-31-27(12-16-33(25,26)3)32(2)15-11-24(36)19-23(32)20-28(31)37/h21-28,31,36-37H,5-20H2,1-4H3,(H,34,38)/t21?,23?,24-,25?,26?,27?,28-,31?,32+,33-/m1/s1. The molecule has 0 aromatic carbocycles. The van der Waals surface area contributed by atoms with Gasteiger partial charge < -0.3 is 20.4 Å². The molecule has 0 aromatic heterocycles. The van der Waals surface area contributed by atoms with Crippen LogP contribution in [0.4, 0.5) is 0 Å². The van der Waals surface area contributed by atoms with Gasteiger partial charge in [0.1, 0.15) is 0 Å². The second-order valence-corrected chi connectivity index (χ2v) is 15.0. The zero-order valence-electron chi connectivity index (χ0n) is 25.2. The number of nitrogens with one attached hydrogen (secondary N) is 1. The van der Waals surface area contributed by atoms with E-state index >= 15 is 0 Å². The van der Waals surface area contributed by atoms with Crippen LogP contribution in [0.3, 0.4) is 0 Å². The van der Waals surface area contributed by atoms with Gasteiger partial charge in [0.15, 0.2) is 0 Å². The quantitative estimate of drug-likeness (QED) is 0.413. The van der Waals surface area contributed by atoms with Crippen LogP contribution in [-0.4, -0.2) is 59.3 Å². The molecule has 0 aromatic rings. The third-order valence-corrected chi connectivity index (χ3v) is 13.3. The summed E-state index contributed by atoms with van der Waals surface area (Å²) in [7, 11) is 1.69. The van der Waals surface area contributed by atoms with E-state index in [1.807, 2.05) is 0 Å². The van der Waals surface area contributed by atoms with Gasteiger partial charge >= 0.3 is 0 Å². The van der Waals surface area contributed by atoms with Crippen LogP contribution >= 0.6 is 0 Å². The highest BCUT2D eigenvalue weighted by atomic mass is 16.3. The zero-order chi connectivity index (χ0) is 27.9. The number of nitrogens with zero attached hydrogens (tertiary/aromatic N) is 1. The van der Waals surface area contributed by atoms with Crippen molar-refractivity contribution >= 4 is 11.8 Å². The van der Waals surface area contributed by atoms with E-state index in [4.69, 9.17) is 0 Å². The maximum atomic E-state index is 13.1. The fourth-order valence-corrected chi connectivity index (χ4v) is 10.8. The molecule has 1 saturated heterocycles. The lowest BCUT2D eigenvalue weighted by Gasteiger charge is -2.62. The number of fused-ring (bicyclic) bond motifs is 5. The highest BCUT2D eigenvalue weighted by molar-refractivity contribution is 5.76. The molecule has 0 radical (unpaired) electrons. The second-order valence-electron chi connectivity index (χ2n) is 15.0. The Kier molecular flexibility index (Phi) is 8.75. The Bertz CT molecular complexity index is 887. The number of hydrogen-bond donors (Lipinski definition) is 3. The SMILES string of the molecule is CNC(=O)CCC1CCN(C(=O)CCC(C)C2CCC3C4C(CC[C@]23C)[C@@]2(C)CC[C@@H](O)CC2C[C@H]4O)CC1. The van der Waals surface area contributed by atoms with E-state index in [9.17, 15) is 19.8 Å². The van der Waals surface area contributed by atoms with Crippen molar-refractivity contribution in [1.29, 1.82) is 0 Å². The van der Waals surface area contributed by atoms with Crippen LogP contribution in [0.2, 0.25) is 0 Å². The maximum absolute atomic E-state index is 13.1. The third-order valence-electron chi connectivity index (χ3n) is 13.3. The van der Waals surface area contributed by atoms with E-state index in [0.29, 0.717) is 60.2 Å². The third kappa shape index (κ3) is 5.55. The van der Waals surface area contributed by atoms with Gasteiger partial charge in [-0.25, -0.2) is 0 Å². The fraction of sp³-hybridized carbons (Fsp3) is 0.939. The molecule has 10 atom stereocenters. The molecule has 39 heavy (non-hydrogen) atoms. The zero-order valence-corrected chi connectivity index (χ0v) is 25.2. The molecule has 6 nitrogen and oxygen atoms in total. The Labute approximate surface area is 237 Å². The van der Waals surface area contributed by atoms with E-state index < -0.39 is 0 Å². The number of carbonyl (C=O) groups is 2. The van der Waals surface area contributed by atoms with Crippen LogP contribution in [-0.2, 0) is 9.59 Å². The van der Waals surface area contributed by atoms with Gasteiger partial charge in [-0.05, 0) is 129 Å². The number of likely N-dealkylation sites (tertiary alicyclic amines) is 1. The molecule has 0 bridgehead atoms. The molecular formula is C33H56N2O4. The topological polar surface area (TPSA) is 89.9 Å². The van der Waals surface area contributed by atoms with E-state index in [0.717, 1.165) is 64.5 Å². The van der Waals surface area contributed by atoms with Crippen molar-refractivity contribution in [3.63, 3.8) is 0 Å². The Morgan fingerprint density at radius 3 is 2.33 bits per heavy atom. The van der Waals surface area contributed by atoms with Crippen molar-refractivity contribution in [3.8, 4) is 0 Å². The van der Waals surface area contributed by atoms with Gasteiger partial charge in [-0.3, -0.25) is 9.59 Å². The minimum Gasteiger partial charge on any atom is -0.393 e. The van der Waals surface area contributed by atoms with Crippen molar-refractivity contribution in [3.05, 3.63) is 0 Å². The highest BCUT2D eigenvalue weighted by Gasteiger charge is 2.62. The van der Waals surface area contributed by atoms with Crippen LogP contribution in [0.5, 0.6) is 0 Å². The minimum atomic E-state index is -0.224. The monoisotopic (exact) mass is 544 g/mol. The molecule has 2 amide bonds. The summed E-state index contributed by atoms with van der Waals surface area (Å²) in [5, 5.41) is 24.5. The molecule has 1 heterocycles. The predicted octanol–water partition coefficient (Wildman–Crippen LogP) is 5.16. The average Bonchev–Trinajstić information content (AvgIpc) is 3.28. The van der Waals surface area contributed by atoms with Crippen molar-refractivity contribution in [2.75, 3.05) is 20.1 Å². The Hall–Kier alpha value is -1.14. The summed E-state index contributed by atoms with van der Waals surface area (Å²) in [5.74, 6) is 4.20. The van der Waals surface area contributed by atoms with Gasteiger partial charge in [0, 0.05) is 33.0 Å². The Morgan fingerprint density at radius 2 is 1.62 bits per heavy atom. The lowest BCUT2D eigenvalue weighted by molar-refractivity contribution is -0.174. The number of aliphatic hydroxyl groups excluding tert-OH is 2. The smallest absolute Gasteiger partial charge is 0.222 e. The van der Waals surface area contributed by atoms with Crippen LogP contribution < -0.4 is 5.32 Å². The lowest BCUT2D eigenvalue weighted by atomic mass is 9.43. The number of carbonyl (C=O) groups excluding carboxylic acids is 2. The number of rotatable bonds is 7. The van der Waals surface area contributed by atoms with E-state index in [-0.39, 0.29) is 28.9 Å². The molecule has 6 unspecified atom stereocenters. The first-order valence-electron chi connectivity index (χ1n) is 16.4. The van der Waals surface area contributed by atoms with Crippen LogP contribution in [0.15, 0.2) is 0 Å². The van der Waals surface area contributed by atoms with E-state index in [1.165, 1.54) is 25.7 Å². The Morgan fingerprint density at radius 1 is 0.923 bits per heavy atom. The molecule has 5 fully saturated rings. The summed E-state index contributed by atoms with van der Waals surface area (Å²) in [6, 6.07) is 0. The van der Waals surface area contributed by atoms with Gasteiger partial charge in [-0.15, -0.1) is 0 Å². The number of amides is 2. The minimum absolute atomic E-state index is 0.115. The summed E-state index contributed by atoms with van der Waals surface area (Å²) in [6.07, 6.45) is 13.5. The number of hydrogen-bond acceptors (Lipinski definition) is 4. The van der Waals surface area contributed by atoms with Gasteiger partial charge in [0.25, 0.3) is 0 Å². The Balaban J connectivity index is 1.14. The summed E-state index contributed by atoms with van der Waals surface area (Å²) < 4.78 is 0. The van der Waals surface area contributed by atoms with Gasteiger partial charge in [-0.1, -0.05) is 20.8 Å². The predicted molar refractivity (Wildman–Crippen MR) is 154 cm³/mol. The summed E-state index contributed by atoms with van der Waals surface area (Å²) in [6.45, 7) is 9.08. The normalized spacial score (nSPS) is 43.2. The number of piperidine rings is 1. The molecule has 6 heteroatoms. The molecule has 3 N–H and O–H groups in total. The highest BCUT2D eigenvalue weighted by Crippen LogP contribution is 2.68. The first-order valence-corrected chi connectivity index (χ1v) is 16.4. The van der Waals surface area contributed by atoms with Crippen LogP contribution in [0, 0.1) is 52.3 Å². The van der Waals surface area contributed by atoms with Crippen molar-refractivity contribution in [2.24, 2.45) is 52.3 Å². The molecule has 4 saturated carbocycles. The van der Waals surface area contributed by atoms with Crippen molar-refractivity contribution < 1.29 is 19.8 Å². The maximum Gasteiger partial charge on any atom is 0.222 e. The first-order chi connectivity index (χ1) is 18.6. The summed E-state index contributed by atoms with van der Waals surface area (Å²) in [5.41, 5.74) is 0.543. The number of aliphatic hydroxyl groups is 2. The van der Waals surface area contributed by atoms with Crippen molar-refractivity contribution in [2.45, 2.75) is 123 Å². The molecule has 222 valence electrons. The van der Waals surface area contributed by atoms with Gasteiger partial charge in [0.05, 0.1) is 12.2 Å². The van der Waals surface area contributed by atoms with Crippen molar-refractivity contribution in [1.82, 2.24) is 10.2 Å². The molecule has 1 aliphatic heterocycles. The van der Waals surface area contributed by atoms with E-state index in [2.05, 4.69) is 31.0 Å². The molecular weight excluding hydrogens is 488 g/mol. The average molecular weight is 545 g/mol.